The number of Topliss-reactive ketones (excluding diaryl/α,β-unsaturated/α-hetero) is 1. The third-order valence-electron chi connectivity index (χ3n) is 1.61. The van der Waals surface area contributed by atoms with Crippen LogP contribution in [-0.2, 0) is 0 Å². The molecule has 0 fully saturated rings. The fourth-order valence-corrected chi connectivity index (χ4v) is 1.54. The Bertz CT molecular complexity index is 368. The fourth-order valence-electron chi connectivity index (χ4n) is 0.987. The number of rotatable bonds is 3. The normalized spacial score (nSPS) is 10.3. The van der Waals surface area contributed by atoms with Crippen molar-refractivity contribution in [2.24, 2.45) is 0 Å². The van der Waals surface area contributed by atoms with Crippen molar-refractivity contribution >= 4 is 17.7 Å². The highest BCUT2D eigenvalue weighted by Crippen LogP contribution is 2.22. The minimum absolute atomic E-state index is 0.0934. The van der Waals surface area contributed by atoms with Gasteiger partial charge in [0.1, 0.15) is 11.6 Å². The van der Waals surface area contributed by atoms with Crippen LogP contribution in [0.5, 0.6) is 0 Å². The molecular formula is C9H9F2NOS. The van der Waals surface area contributed by atoms with Gasteiger partial charge in [0.25, 0.3) is 0 Å². The number of carbonyl (C=O) groups is 1. The zero-order valence-corrected chi connectivity index (χ0v) is 8.54. The maximum Gasteiger partial charge on any atom is 0.162 e. The van der Waals surface area contributed by atoms with Crippen LogP contribution in [0.4, 0.5) is 8.78 Å². The van der Waals surface area contributed by atoms with E-state index in [-0.39, 0.29) is 10.5 Å². The van der Waals surface area contributed by atoms with E-state index in [1.807, 2.05) is 0 Å². The molecule has 0 bridgehead atoms. The fraction of sp³-hybridized carbons (Fsp3) is 0.222. The molecule has 0 aliphatic carbocycles. The second-order valence-electron chi connectivity index (χ2n) is 2.62. The summed E-state index contributed by atoms with van der Waals surface area (Å²) in [5.74, 6) is -1.91. The highest BCUT2D eigenvalue weighted by Gasteiger charge is 2.12. The smallest absolute Gasteiger partial charge is 0.162 e. The number of carbonyl (C=O) groups excluding carboxylic acids is 1. The van der Waals surface area contributed by atoms with E-state index in [0.29, 0.717) is 0 Å². The second-order valence-corrected chi connectivity index (χ2v) is 3.68. The quantitative estimate of drug-likeness (QED) is 0.622. The first kappa shape index (κ1) is 11.1. The van der Waals surface area contributed by atoms with Gasteiger partial charge < -0.3 is 0 Å². The van der Waals surface area contributed by atoms with Crippen LogP contribution in [0.2, 0.25) is 0 Å². The summed E-state index contributed by atoms with van der Waals surface area (Å²) in [4.78, 5) is 11.1. The highest BCUT2D eigenvalue weighted by atomic mass is 32.2. The van der Waals surface area contributed by atoms with Gasteiger partial charge in [0.05, 0.1) is 10.5 Å². The van der Waals surface area contributed by atoms with Gasteiger partial charge in [-0.15, -0.1) is 0 Å². The molecule has 0 spiro atoms. The molecule has 0 saturated heterocycles. The minimum atomic E-state index is -0.824. The van der Waals surface area contributed by atoms with Crippen LogP contribution in [0.15, 0.2) is 17.0 Å². The van der Waals surface area contributed by atoms with E-state index in [9.17, 15) is 13.6 Å². The van der Waals surface area contributed by atoms with E-state index in [0.717, 1.165) is 18.0 Å². The molecule has 0 aliphatic rings. The molecule has 1 rings (SSSR count). The summed E-state index contributed by atoms with van der Waals surface area (Å²) in [6, 6.07) is 1.92. The van der Waals surface area contributed by atoms with E-state index in [4.69, 9.17) is 0 Å². The Labute approximate surface area is 84.8 Å². The van der Waals surface area contributed by atoms with Gasteiger partial charge >= 0.3 is 0 Å². The monoisotopic (exact) mass is 217 g/mol. The molecule has 2 nitrogen and oxygen atoms in total. The molecular weight excluding hydrogens is 208 g/mol. The molecule has 1 aromatic rings. The third kappa shape index (κ3) is 2.30. The Morgan fingerprint density at radius 3 is 2.50 bits per heavy atom. The first-order chi connectivity index (χ1) is 6.56. The topological polar surface area (TPSA) is 29.1 Å². The lowest BCUT2D eigenvalue weighted by Crippen LogP contribution is -2.01. The van der Waals surface area contributed by atoms with E-state index in [1.54, 1.807) is 7.05 Å². The lowest BCUT2D eigenvalue weighted by molar-refractivity contribution is 0.101. The molecule has 0 atom stereocenters. The summed E-state index contributed by atoms with van der Waals surface area (Å²) in [5.41, 5.74) is -0.0934. The van der Waals surface area contributed by atoms with Crippen LogP contribution in [0, 0.1) is 11.6 Å². The maximum atomic E-state index is 13.1. The van der Waals surface area contributed by atoms with E-state index in [1.165, 1.54) is 13.0 Å². The largest absolute Gasteiger partial charge is 0.294 e. The summed E-state index contributed by atoms with van der Waals surface area (Å²) in [6.07, 6.45) is 0. The molecule has 0 aromatic heterocycles. The maximum absolute atomic E-state index is 13.1. The highest BCUT2D eigenvalue weighted by molar-refractivity contribution is 7.97. The Hall–Kier alpha value is -0.940. The Morgan fingerprint density at radius 1 is 1.36 bits per heavy atom. The zero-order chi connectivity index (χ0) is 10.7. The summed E-state index contributed by atoms with van der Waals surface area (Å²) in [7, 11) is 1.61. The molecule has 0 radical (unpaired) electrons. The molecule has 0 amide bonds. The summed E-state index contributed by atoms with van der Waals surface area (Å²) < 4.78 is 28.8. The number of hydrogen-bond donors (Lipinski definition) is 1. The number of benzene rings is 1. The lowest BCUT2D eigenvalue weighted by atomic mass is 10.1. The lowest BCUT2D eigenvalue weighted by Gasteiger charge is -2.04. The van der Waals surface area contributed by atoms with Crippen molar-refractivity contribution in [3.63, 3.8) is 0 Å². The average molecular weight is 217 g/mol. The summed E-state index contributed by atoms with van der Waals surface area (Å²) >= 11 is 0.998. The van der Waals surface area contributed by atoms with Crippen molar-refractivity contribution < 1.29 is 13.6 Å². The van der Waals surface area contributed by atoms with Gasteiger partial charge in [-0.3, -0.25) is 9.52 Å². The van der Waals surface area contributed by atoms with Crippen molar-refractivity contribution in [3.05, 3.63) is 29.3 Å². The molecule has 0 saturated carbocycles. The molecule has 5 heteroatoms. The van der Waals surface area contributed by atoms with Gasteiger partial charge in [0.2, 0.25) is 0 Å². The van der Waals surface area contributed by atoms with Crippen molar-refractivity contribution in [2.75, 3.05) is 7.05 Å². The Kier molecular flexibility index (Phi) is 3.60. The van der Waals surface area contributed by atoms with Gasteiger partial charge in [-0.1, -0.05) is 0 Å². The van der Waals surface area contributed by atoms with Crippen LogP contribution < -0.4 is 4.72 Å². The van der Waals surface area contributed by atoms with Gasteiger partial charge in [-0.05, 0) is 32.0 Å². The molecule has 1 N–H and O–H groups in total. The Morgan fingerprint density at radius 2 is 2.00 bits per heavy atom. The predicted octanol–water partition coefficient (Wildman–Crippen LogP) is 2.39. The number of halogens is 2. The van der Waals surface area contributed by atoms with E-state index in [2.05, 4.69) is 4.72 Å². The van der Waals surface area contributed by atoms with Gasteiger partial charge in [0, 0.05) is 6.07 Å². The number of ketones is 1. The van der Waals surface area contributed by atoms with Crippen LogP contribution in [0.25, 0.3) is 0 Å². The third-order valence-corrected chi connectivity index (χ3v) is 2.35. The average Bonchev–Trinajstić information content (AvgIpc) is 2.09. The molecule has 0 heterocycles. The number of nitrogens with one attached hydrogen (secondary N) is 1. The molecule has 1 aromatic carbocycles. The van der Waals surface area contributed by atoms with Crippen molar-refractivity contribution in [2.45, 2.75) is 11.8 Å². The van der Waals surface area contributed by atoms with Crippen LogP contribution in [0.1, 0.15) is 17.3 Å². The van der Waals surface area contributed by atoms with Gasteiger partial charge in [-0.2, -0.15) is 0 Å². The molecule has 0 unspecified atom stereocenters. The van der Waals surface area contributed by atoms with Crippen molar-refractivity contribution in [3.8, 4) is 0 Å². The first-order valence-electron chi connectivity index (χ1n) is 3.90. The van der Waals surface area contributed by atoms with Crippen LogP contribution in [-0.4, -0.2) is 12.8 Å². The van der Waals surface area contributed by atoms with E-state index >= 15 is 0 Å². The van der Waals surface area contributed by atoms with Gasteiger partial charge in [0.15, 0.2) is 5.78 Å². The zero-order valence-electron chi connectivity index (χ0n) is 7.73. The van der Waals surface area contributed by atoms with E-state index < -0.39 is 17.4 Å². The SMILES string of the molecule is CNSc1cc(C(C)=O)c(F)cc1F. The predicted molar refractivity (Wildman–Crippen MR) is 51.3 cm³/mol. The van der Waals surface area contributed by atoms with Crippen molar-refractivity contribution in [1.82, 2.24) is 4.72 Å². The van der Waals surface area contributed by atoms with Gasteiger partial charge in [-0.25, -0.2) is 8.78 Å². The molecule has 76 valence electrons. The Balaban J connectivity index is 3.20. The van der Waals surface area contributed by atoms with Crippen LogP contribution >= 0.6 is 11.9 Å². The molecule has 0 aliphatic heterocycles. The van der Waals surface area contributed by atoms with Crippen LogP contribution in [0.3, 0.4) is 0 Å². The minimum Gasteiger partial charge on any atom is -0.294 e. The summed E-state index contributed by atoms with van der Waals surface area (Å²) in [5, 5.41) is 0. The van der Waals surface area contributed by atoms with Crippen molar-refractivity contribution in [1.29, 1.82) is 0 Å². The standard InChI is InChI=1S/C9H9F2NOS/c1-5(13)6-3-9(14-12-2)8(11)4-7(6)10/h3-4,12H,1-2H3. The summed E-state index contributed by atoms with van der Waals surface area (Å²) in [6.45, 7) is 1.24. The second kappa shape index (κ2) is 4.52. The molecule has 14 heavy (non-hydrogen) atoms. The first-order valence-corrected chi connectivity index (χ1v) is 4.71. The number of hydrogen-bond acceptors (Lipinski definition) is 3.